The average molecular weight is 473 g/mol. The zero-order chi connectivity index (χ0) is 24.1. The van der Waals surface area contributed by atoms with Crippen LogP contribution in [0.25, 0.3) is 10.9 Å². The maximum Gasteiger partial charge on any atom is 0.416 e. The van der Waals surface area contributed by atoms with E-state index < -0.39 is 17.7 Å². The second-order valence-corrected chi connectivity index (χ2v) is 8.29. The lowest BCUT2D eigenvalue weighted by Gasteiger charge is -2.36. The van der Waals surface area contributed by atoms with Crippen LogP contribution in [0.3, 0.4) is 0 Å². The molecule has 34 heavy (non-hydrogen) atoms. The Kier molecular flexibility index (Phi) is 7.09. The number of esters is 1. The summed E-state index contributed by atoms with van der Waals surface area (Å²) in [6.07, 6.45) is -0.892. The number of anilines is 1. The molecule has 1 aliphatic rings. The number of aryl methyl sites for hydroxylation is 1. The van der Waals surface area contributed by atoms with Crippen molar-refractivity contribution >= 4 is 28.5 Å². The van der Waals surface area contributed by atoms with Gasteiger partial charge in [0.15, 0.2) is 6.61 Å². The van der Waals surface area contributed by atoms with Crippen molar-refractivity contribution in [1.29, 1.82) is 0 Å². The third-order valence-electron chi connectivity index (χ3n) is 6.03. The molecule has 6 nitrogen and oxygen atoms in total. The van der Waals surface area contributed by atoms with Crippen molar-refractivity contribution in [2.24, 2.45) is 0 Å². The Morgan fingerprint density at radius 3 is 2.53 bits per heavy atom. The Labute approximate surface area is 195 Å². The van der Waals surface area contributed by atoms with Gasteiger partial charge in [0.1, 0.15) is 0 Å². The van der Waals surface area contributed by atoms with Crippen molar-refractivity contribution in [1.82, 2.24) is 9.88 Å². The number of carbonyl (C=O) groups is 2. The van der Waals surface area contributed by atoms with Gasteiger partial charge >= 0.3 is 12.1 Å². The summed E-state index contributed by atoms with van der Waals surface area (Å²) < 4.78 is 44.0. The summed E-state index contributed by atoms with van der Waals surface area (Å²) in [6.45, 7) is 1.20. The Morgan fingerprint density at radius 1 is 1.00 bits per heavy atom. The summed E-state index contributed by atoms with van der Waals surface area (Å²) in [5.41, 5.74) is 1.97. The van der Waals surface area contributed by atoms with Crippen molar-refractivity contribution < 1.29 is 27.5 Å². The molecule has 1 aliphatic heterocycles. The number of piperazine rings is 1. The molecule has 0 saturated carbocycles. The molecule has 4 rings (SSSR count). The minimum atomic E-state index is -4.40. The van der Waals surface area contributed by atoms with Crippen LogP contribution in [0.1, 0.15) is 24.0 Å². The highest BCUT2D eigenvalue weighted by molar-refractivity contribution is 5.83. The van der Waals surface area contributed by atoms with Gasteiger partial charge in [-0.15, -0.1) is 0 Å². The van der Waals surface area contributed by atoms with Gasteiger partial charge < -0.3 is 19.5 Å². The molecule has 0 unspecified atom stereocenters. The number of fused-ring (bicyclic) bond motifs is 1. The fourth-order valence-electron chi connectivity index (χ4n) is 4.16. The number of carbonyl (C=O) groups excluding carboxylic acids is 2. The second kappa shape index (κ2) is 10.2. The Balaban J connectivity index is 1.18. The molecule has 1 saturated heterocycles. The number of hydrogen-bond donors (Lipinski definition) is 1. The first kappa shape index (κ1) is 23.7. The van der Waals surface area contributed by atoms with Crippen LogP contribution in [0.2, 0.25) is 0 Å². The Morgan fingerprint density at radius 2 is 1.76 bits per heavy atom. The minimum Gasteiger partial charge on any atom is -0.456 e. The normalized spacial score (nSPS) is 14.4. The number of benzene rings is 2. The molecule has 1 N–H and O–H groups in total. The monoisotopic (exact) mass is 473 g/mol. The molecule has 0 radical (unpaired) electrons. The van der Waals surface area contributed by atoms with Crippen LogP contribution in [0.4, 0.5) is 18.9 Å². The zero-order valence-electron chi connectivity index (χ0n) is 18.6. The van der Waals surface area contributed by atoms with Gasteiger partial charge in [-0.1, -0.05) is 24.3 Å². The maximum atomic E-state index is 12.9. The van der Waals surface area contributed by atoms with E-state index in [1.807, 2.05) is 35.4 Å². The minimum absolute atomic E-state index is 0.218. The molecule has 0 spiro atoms. The lowest BCUT2D eigenvalue weighted by molar-refractivity contribution is -0.152. The molecule has 1 fully saturated rings. The van der Waals surface area contributed by atoms with Gasteiger partial charge in [0, 0.05) is 55.4 Å². The predicted octanol–water partition coefficient (Wildman–Crippen LogP) is 4.40. The lowest BCUT2D eigenvalue weighted by atomic mass is 10.1. The van der Waals surface area contributed by atoms with Crippen LogP contribution in [0.15, 0.2) is 54.7 Å². The van der Waals surface area contributed by atoms with Crippen LogP contribution < -0.4 is 4.90 Å². The van der Waals surface area contributed by atoms with Gasteiger partial charge in [-0.25, -0.2) is 0 Å². The Hall–Kier alpha value is -3.49. The molecule has 0 atom stereocenters. The van der Waals surface area contributed by atoms with Gasteiger partial charge in [0.25, 0.3) is 5.91 Å². The van der Waals surface area contributed by atoms with E-state index >= 15 is 0 Å². The molecule has 0 bridgehead atoms. The molecule has 2 heterocycles. The lowest BCUT2D eigenvalue weighted by Crippen LogP contribution is -2.50. The van der Waals surface area contributed by atoms with Gasteiger partial charge in [-0.05, 0) is 42.7 Å². The summed E-state index contributed by atoms with van der Waals surface area (Å²) in [4.78, 5) is 31.1. The summed E-state index contributed by atoms with van der Waals surface area (Å²) in [6, 6.07) is 13.1. The number of halogens is 3. The molecule has 2 aromatic carbocycles. The van der Waals surface area contributed by atoms with E-state index in [4.69, 9.17) is 4.74 Å². The van der Waals surface area contributed by atoms with Crippen LogP contribution in [0, 0.1) is 0 Å². The van der Waals surface area contributed by atoms with E-state index in [0.717, 1.165) is 35.0 Å². The number of para-hydroxylation sites is 1. The summed E-state index contributed by atoms with van der Waals surface area (Å²) in [5, 5.41) is 1.13. The van der Waals surface area contributed by atoms with Crippen molar-refractivity contribution in [3.8, 4) is 0 Å². The third kappa shape index (κ3) is 5.70. The zero-order valence-corrected chi connectivity index (χ0v) is 18.6. The number of alkyl halides is 3. The van der Waals surface area contributed by atoms with E-state index in [2.05, 4.69) is 4.98 Å². The fraction of sp³-hybridized carbons (Fsp3) is 0.360. The number of aromatic amines is 1. The first-order valence-electron chi connectivity index (χ1n) is 11.2. The first-order chi connectivity index (χ1) is 16.3. The largest absolute Gasteiger partial charge is 0.456 e. The quantitative estimate of drug-likeness (QED) is 0.517. The van der Waals surface area contributed by atoms with Gasteiger partial charge in [-0.3, -0.25) is 9.59 Å². The standard InChI is InChI=1S/C25H26F3N3O3/c26-25(27,28)19-6-4-7-20(15-19)30-11-13-31(14-12-30)23(32)17-34-24(33)10-3-5-18-16-29-22-9-2-1-8-21(18)22/h1-2,4,6-9,15-16,29H,3,5,10-14,17H2. The number of ether oxygens (including phenoxy) is 1. The van der Waals surface area contributed by atoms with E-state index in [-0.39, 0.29) is 18.9 Å². The Bertz CT molecular complexity index is 1150. The van der Waals surface area contributed by atoms with Gasteiger partial charge in [-0.2, -0.15) is 13.2 Å². The van der Waals surface area contributed by atoms with Crippen LogP contribution in [0.5, 0.6) is 0 Å². The van der Waals surface area contributed by atoms with Crippen LogP contribution >= 0.6 is 0 Å². The molecule has 3 aromatic rings. The maximum absolute atomic E-state index is 12.9. The summed E-state index contributed by atoms with van der Waals surface area (Å²) >= 11 is 0. The second-order valence-electron chi connectivity index (χ2n) is 8.29. The molecule has 1 aromatic heterocycles. The van der Waals surface area contributed by atoms with E-state index in [1.54, 1.807) is 11.0 Å². The van der Waals surface area contributed by atoms with E-state index in [9.17, 15) is 22.8 Å². The smallest absolute Gasteiger partial charge is 0.416 e. The number of H-pyrrole nitrogens is 1. The fourth-order valence-corrected chi connectivity index (χ4v) is 4.16. The first-order valence-corrected chi connectivity index (χ1v) is 11.2. The molecule has 0 aliphatic carbocycles. The van der Waals surface area contributed by atoms with Crippen LogP contribution in [-0.4, -0.2) is 54.5 Å². The third-order valence-corrected chi connectivity index (χ3v) is 6.03. The number of rotatable bonds is 7. The highest BCUT2D eigenvalue weighted by Crippen LogP contribution is 2.31. The number of amides is 1. The SMILES string of the molecule is O=C(CCCc1c[nH]c2ccccc12)OCC(=O)N1CCN(c2cccc(C(F)(F)F)c2)CC1. The van der Waals surface area contributed by atoms with E-state index in [1.165, 1.54) is 6.07 Å². The predicted molar refractivity (Wildman–Crippen MR) is 122 cm³/mol. The van der Waals surface area contributed by atoms with Crippen molar-refractivity contribution in [3.05, 3.63) is 65.9 Å². The van der Waals surface area contributed by atoms with Crippen molar-refractivity contribution in [3.63, 3.8) is 0 Å². The molecular weight excluding hydrogens is 447 g/mol. The van der Waals surface area contributed by atoms with Gasteiger partial charge in [0.2, 0.25) is 0 Å². The topological polar surface area (TPSA) is 65.6 Å². The number of nitrogens with zero attached hydrogens (tertiary/aromatic N) is 2. The van der Waals surface area contributed by atoms with Gasteiger partial charge in [0.05, 0.1) is 5.56 Å². The number of aromatic nitrogens is 1. The molecule has 180 valence electrons. The molecule has 1 amide bonds. The summed E-state index contributed by atoms with van der Waals surface area (Å²) in [7, 11) is 0. The number of hydrogen-bond acceptors (Lipinski definition) is 4. The highest BCUT2D eigenvalue weighted by Gasteiger charge is 2.31. The van der Waals surface area contributed by atoms with E-state index in [0.29, 0.717) is 38.3 Å². The average Bonchev–Trinajstić information content (AvgIpc) is 3.25. The van der Waals surface area contributed by atoms with Crippen molar-refractivity contribution in [2.45, 2.75) is 25.4 Å². The van der Waals surface area contributed by atoms with Crippen molar-refractivity contribution in [2.75, 3.05) is 37.7 Å². The summed E-state index contributed by atoms with van der Waals surface area (Å²) in [5.74, 6) is -0.718. The van der Waals surface area contributed by atoms with Crippen LogP contribution in [-0.2, 0) is 26.9 Å². The molecular formula is C25H26F3N3O3. The highest BCUT2D eigenvalue weighted by atomic mass is 19.4. The molecule has 9 heteroatoms. The number of nitrogens with one attached hydrogen (secondary N) is 1.